The van der Waals surface area contributed by atoms with E-state index in [1.165, 1.54) is 0 Å². The summed E-state index contributed by atoms with van der Waals surface area (Å²) in [4.78, 5) is 10.7. The van der Waals surface area contributed by atoms with Gasteiger partial charge in [0.2, 0.25) is 0 Å². The molecule has 0 unspecified atom stereocenters. The molecule has 0 aromatic rings. The molecule has 4 nitrogen and oxygen atoms in total. The van der Waals surface area contributed by atoms with Crippen LogP contribution in [0.25, 0.3) is 0 Å². The maximum absolute atomic E-state index is 10.7. The van der Waals surface area contributed by atoms with Crippen LogP contribution in [0.2, 0.25) is 0 Å². The molecule has 0 spiro atoms. The molecule has 5 heteroatoms. The third kappa shape index (κ3) is 4.81. The van der Waals surface area contributed by atoms with E-state index in [1.807, 2.05) is 13.8 Å². The smallest absolute Gasteiger partial charge is 0.510 e. The standard InChI is InChI=1S/C6H13BNO3/c1-4(2)3-5(8)6(9)11-7-10/h4-5,10H,3,8H2,1-2H3/t5-/m0/s1. The van der Waals surface area contributed by atoms with Gasteiger partial charge in [-0.15, -0.1) is 0 Å². The van der Waals surface area contributed by atoms with Gasteiger partial charge in [-0.2, -0.15) is 0 Å². The minimum absolute atomic E-state index is 0.344. The Bertz CT molecular complexity index is 129. The van der Waals surface area contributed by atoms with Gasteiger partial charge in [-0.1, -0.05) is 13.8 Å². The van der Waals surface area contributed by atoms with E-state index in [2.05, 4.69) is 4.65 Å². The second-order valence-corrected chi connectivity index (χ2v) is 2.78. The lowest BCUT2D eigenvalue weighted by Gasteiger charge is -2.11. The first-order chi connectivity index (χ1) is 5.07. The van der Waals surface area contributed by atoms with Crippen LogP contribution in [0.3, 0.4) is 0 Å². The molecule has 0 saturated carbocycles. The molecule has 0 fully saturated rings. The van der Waals surface area contributed by atoms with E-state index < -0.39 is 12.0 Å². The van der Waals surface area contributed by atoms with Crippen molar-refractivity contribution in [2.24, 2.45) is 11.7 Å². The SMILES string of the molecule is CC(C)C[C@H](N)C(=O)O[B]O. The van der Waals surface area contributed by atoms with E-state index in [-0.39, 0.29) is 0 Å². The average Bonchev–Trinajstić information content (AvgIpc) is 1.86. The van der Waals surface area contributed by atoms with Crippen molar-refractivity contribution in [3.05, 3.63) is 0 Å². The van der Waals surface area contributed by atoms with E-state index >= 15 is 0 Å². The lowest BCUT2D eigenvalue weighted by molar-refractivity contribution is -0.136. The maximum atomic E-state index is 10.7. The lowest BCUT2D eigenvalue weighted by atomic mass is 10.0. The molecule has 0 aromatic carbocycles. The summed E-state index contributed by atoms with van der Waals surface area (Å²) in [5.74, 6) is -0.252. The van der Waals surface area contributed by atoms with Gasteiger partial charge in [-0.25, -0.2) is 0 Å². The summed E-state index contributed by atoms with van der Waals surface area (Å²) in [6.07, 6.45) is 0.562. The highest BCUT2D eigenvalue weighted by Gasteiger charge is 2.15. The molecule has 0 saturated heterocycles. The Morgan fingerprint density at radius 3 is 2.64 bits per heavy atom. The molecule has 0 heterocycles. The zero-order chi connectivity index (χ0) is 8.85. The summed E-state index contributed by atoms with van der Waals surface area (Å²) >= 11 is 0. The first-order valence-electron chi connectivity index (χ1n) is 3.50. The molecule has 1 radical (unpaired) electrons. The Hall–Kier alpha value is -0.545. The first-order valence-corrected chi connectivity index (χ1v) is 3.50. The zero-order valence-electron chi connectivity index (χ0n) is 6.78. The molecular formula is C6H13BNO3. The molecule has 1 atom stereocenters. The third-order valence-electron chi connectivity index (χ3n) is 1.20. The van der Waals surface area contributed by atoms with Gasteiger partial charge in [-0.05, 0) is 12.3 Å². The van der Waals surface area contributed by atoms with Crippen molar-refractivity contribution >= 4 is 13.7 Å². The molecule has 0 rings (SSSR count). The van der Waals surface area contributed by atoms with Crippen LogP contribution in [-0.2, 0) is 9.45 Å². The molecular weight excluding hydrogens is 145 g/mol. The van der Waals surface area contributed by atoms with Crippen molar-refractivity contribution in [1.29, 1.82) is 0 Å². The summed E-state index contributed by atoms with van der Waals surface area (Å²) in [5, 5.41) is 8.10. The van der Waals surface area contributed by atoms with E-state index in [0.717, 1.165) is 0 Å². The van der Waals surface area contributed by atoms with Crippen molar-refractivity contribution in [1.82, 2.24) is 0 Å². The van der Waals surface area contributed by atoms with Crippen LogP contribution in [-0.4, -0.2) is 24.7 Å². The molecule has 63 valence electrons. The van der Waals surface area contributed by atoms with Crippen LogP contribution in [0.1, 0.15) is 20.3 Å². The lowest BCUT2D eigenvalue weighted by Crippen LogP contribution is -2.34. The topological polar surface area (TPSA) is 72.6 Å². The van der Waals surface area contributed by atoms with Crippen molar-refractivity contribution in [2.75, 3.05) is 0 Å². The predicted molar refractivity (Wildman–Crippen MR) is 41.5 cm³/mol. The number of hydrogen-bond acceptors (Lipinski definition) is 4. The number of carbonyl (C=O) groups excluding carboxylic acids is 1. The average molecular weight is 158 g/mol. The summed E-state index contributed by atoms with van der Waals surface area (Å²) in [6.45, 7) is 3.91. The zero-order valence-corrected chi connectivity index (χ0v) is 6.78. The summed E-state index contributed by atoms with van der Waals surface area (Å²) < 4.78 is 4.17. The van der Waals surface area contributed by atoms with Crippen molar-refractivity contribution < 1.29 is 14.5 Å². The van der Waals surface area contributed by atoms with Gasteiger partial charge in [0.25, 0.3) is 0 Å². The van der Waals surface area contributed by atoms with Gasteiger partial charge < -0.3 is 15.4 Å². The van der Waals surface area contributed by atoms with Gasteiger partial charge in [0.15, 0.2) is 0 Å². The molecule has 0 aliphatic carbocycles. The predicted octanol–water partition coefficient (Wildman–Crippen LogP) is -0.570. The fourth-order valence-corrected chi connectivity index (χ4v) is 0.743. The fraction of sp³-hybridized carbons (Fsp3) is 0.833. The molecule has 11 heavy (non-hydrogen) atoms. The van der Waals surface area contributed by atoms with E-state index in [4.69, 9.17) is 10.8 Å². The Labute approximate surface area is 67.0 Å². The first kappa shape index (κ1) is 10.5. The highest BCUT2D eigenvalue weighted by molar-refractivity contribution is 6.20. The van der Waals surface area contributed by atoms with Crippen molar-refractivity contribution in [3.8, 4) is 0 Å². The second-order valence-electron chi connectivity index (χ2n) is 2.78. The molecule has 0 bridgehead atoms. The largest absolute Gasteiger partial charge is 0.571 e. The Morgan fingerprint density at radius 2 is 2.27 bits per heavy atom. The summed E-state index contributed by atoms with van der Waals surface area (Å²) in [7, 11) is 0.350. The summed E-state index contributed by atoms with van der Waals surface area (Å²) in [5.41, 5.74) is 5.40. The molecule has 0 amide bonds. The Morgan fingerprint density at radius 1 is 1.73 bits per heavy atom. The van der Waals surface area contributed by atoms with Gasteiger partial charge in [-0.3, -0.25) is 4.79 Å². The van der Waals surface area contributed by atoms with Crippen molar-refractivity contribution in [2.45, 2.75) is 26.3 Å². The highest BCUT2D eigenvalue weighted by atomic mass is 16.6. The van der Waals surface area contributed by atoms with E-state index in [1.54, 1.807) is 0 Å². The number of hydrogen-bond donors (Lipinski definition) is 2. The number of carbonyl (C=O) groups is 1. The highest BCUT2D eigenvalue weighted by Crippen LogP contribution is 2.03. The second kappa shape index (κ2) is 5.15. The number of rotatable bonds is 4. The quantitative estimate of drug-likeness (QED) is 0.537. The van der Waals surface area contributed by atoms with Crippen molar-refractivity contribution in [3.63, 3.8) is 0 Å². The monoisotopic (exact) mass is 158 g/mol. The van der Waals surface area contributed by atoms with Crippen LogP contribution in [0.5, 0.6) is 0 Å². The minimum atomic E-state index is -0.640. The van der Waals surface area contributed by atoms with Crippen LogP contribution in [0.4, 0.5) is 0 Å². The maximum Gasteiger partial charge on any atom is 0.571 e. The van der Waals surface area contributed by atoms with E-state index in [0.29, 0.717) is 20.0 Å². The molecule has 0 aliphatic heterocycles. The van der Waals surface area contributed by atoms with Gasteiger partial charge in [0.1, 0.15) is 6.04 Å². The van der Waals surface area contributed by atoms with Gasteiger partial charge >= 0.3 is 13.7 Å². The van der Waals surface area contributed by atoms with Crippen LogP contribution < -0.4 is 5.73 Å². The molecule has 0 aliphatic rings. The Kier molecular flexibility index (Phi) is 4.90. The van der Waals surface area contributed by atoms with Crippen LogP contribution >= 0.6 is 0 Å². The number of nitrogens with two attached hydrogens (primary N) is 1. The molecule has 3 N–H and O–H groups in total. The normalized spacial score (nSPS) is 12.8. The minimum Gasteiger partial charge on any atom is -0.510 e. The molecule has 0 aromatic heterocycles. The fourth-order valence-electron chi connectivity index (χ4n) is 0.743. The third-order valence-corrected chi connectivity index (χ3v) is 1.20. The van der Waals surface area contributed by atoms with Gasteiger partial charge in [0.05, 0.1) is 0 Å². The Balaban J connectivity index is 3.64. The van der Waals surface area contributed by atoms with Crippen LogP contribution in [0.15, 0.2) is 0 Å². The summed E-state index contributed by atoms with van der Waals surface area (Å²) in [6, 6.07) is -0.640. The van der Waals surface area contributed by atoms with Gasteiger partial charge in [0, 0.05) is 0 Å². The van der Waals surface area contributed by atoms with E-state index in [9.17, 15) is 4.79 Å². The van der Waals surface area contributed by atoms with Crippen LogP contribution in [0, 0.1) is 5.92 Å².